The first kappa shape index (κ1) is 43.0. The van der Waals surface area contributed by atoms with Crippen LogP contribution in [-0.4, -0.2) is 39.0 Å². The number of rotatable bonds is 8. The number of anilines is 5. The normalized spacial score (nSPS) is 22.2. The Bertz CT molecular complexity index is 6880. The van der Waals surface area contributed by atoms with Gasteiger partial charge in [0.25, 0.3) is 0 Å². The van der Waals surface area contributed by atoms with Gasteiger partial charge in [0.05, 0.1) is 0 Å². The van der Waals surface area contributed by atoms with E-state index in [4.69, 9.17) is 5.48 Å². The molecule has 102 heavy (non-hydrogen) atoms. The molecule has 0 saturated heterocycles. The third-order valence-electron chi connectivity index (χ3n) is 22.7. The monoisotopic (exact) mass is 1410 g/mol. The quantitative estimate of drug-likeness (QED) is 0.111. The van der Waals surface area contributed by atoms with Crippen LogP contribution in [0.3, 0.4) is 0 Å². The fourth-order valence-electron chi connectivity index (χ4n) is 17.6. The Kier molecular flexibility index (Phi) is 10.2. The molecule has 0 radical (unpaired) electrons. The van der Waals surface area contributed by atoms with Crippen molar-refractivity contribution >= 4 is 120 Å². The zero-order valence-corrected chi connectivity index (χ0v) is 60.5. The van der Waals surface area contributed by atoms with Gasteiger partial charge in [-0.05, 0) is 0 Å². The minimum atomic E-state index is -1.65. The number of fused-ring (bicyclic) bond motifs is 12. The average Bonchev–Trinajstić information content (AvgIpc) is 1.24. The summed E-state index contributed by atoms with van der Waals surface area (Å²) in [5.41, 5.74) is 5.30. The third-order valence-corrected chi connectivity index (χ3v) is 25.1. The van der Waals surface area contributed by atoms with Gasteiger partial charge in [0, 0.05) is 0 Å². The summed E-state index contributed by atoms with van der Waals surface area (Å²) in [7, 11) is 0. The van der Waals surface area contributed by atoms with Gasteiger partial charge in [-0.1, -0.05) is 0 Å². The second-order valence-corrected chi connectivity index (χ2v) is 33.9. The van der Waals surface area contributed by atoms with Crippen LogP contribution < -0.4 is 51.5 Å². The van der Waals surface area contributed by atoms with Gasteiger partial charge < -0.3 is 0 Å². The van der Waals surface area contributed by atoms with Crippen LogP contribution in [0, 0.1) is 23.2 Å². The number of hydrogen-bond acceptors (Lipinski definition) is 2. The van der Waals surface area contributed by atoms with Crippen molar-refractivity contribution < 1.29 is 32.9 Å². The molecule has 3 nitrogen and oxygen atoms in total. The van der Waals surface area contributed by atoms with Gasteiger partial charge in [-0.3, -0.25) is 0 Å². The first-order chi connectivity index (χ1) is 59.5. The molecule has 0 bridgehead atoms. The summed E-state index contributed by atoms with van der Waals surface area (Å²) in [5.74, 6) is -0.454. The molecule has 5 heterocycles. The van der Waals surface area contributed by atoms with E-state index >= 15 is 0 Å². The number of allylic oxidation sites excluding steroid dienone is 4. The number of para-hydroxylation sites is 2. The molecule has 0 saturated carbocycles. The molecule has 7 aliphatic rings. The third kappa shape index (κ3) is 10.2. The second-order valence-electron chi connectivity index (χ2n) is 31.7. The van der Waals surface area contributed by atoms with Crippen molar-refractivity contribution in [2.45, 2.75) is 131 Å². The molecule has 12 aromatic rings. The Morgan fingerprint density at radius 3 is 1.80 bits per heavy atom. The van der Waals surface area contributed by atoms with Crippen LogP contribution in [0.15, 0.2) is 265 Å². The van der Waals surface area contributed by atoms with Crippen LogP contribution in [0.1, 0.15) is 158 Å². The van der Waals surface area contributed by atoms with Crippen molar-refractivity contribution in [1.82, 2.24) is 4.57 Å². The van der Waals surface area contributed by atoms with Crippen molar-refractivity contribution in [3.63, 3.8) is 0 Å². The fourth-order valence-corrected chi connectivity index (χ4v) is 20.3. The first-order valence-corrected chi connectivity index (χ1v) is 37.7. The van der Waals surface area contributed by atoms with E-state index in [0.717, 1.165) is 66.4 Å². The Hall–Kier alpha value is -9.31. The van der Waals surface area contributed by atoms with Crippen LogP contribution in [0.4, 0.5) is 28.4 Å². The summed E-state index contributed by atoms with van der Waals surface area (Å²) in [6.07, 6.45) is 15.4. The van der Waals surface area contributed by atoms with Crippen molar-refractivity contribution in [1.29, 1.82) is 0 Å². The van der Waals surface area contributed by atoms with E-state index in [1.54, 1.807) is 0 Å². The second kappa shape index (κ2) is 24.2. The van der Waals surface area contributed by atoms with Crippen LogP contribution in [0.2, 0.25) is 0 Å². The standard InChI is InChI=1S/C96H89B2N3Se/c1-94(2,3)68-53-73(62-35-20-12-21-36-62)90(74(54-68)63-37-22-13-23-38-63)100-81-51-66(60-31-16-10-17-32-60)47-49-77(81)98-87-82(100)57-70(96(7,8)9)58-83(87)101(91-75(64-39-24-14-25-40-64)55-69(95(4,5)6)56-76(91)65-41-26-15-27-42-65)85-59-84-88-93(89(85)98)102-86-52-67(61-33-18-11-19-34-61)48-50-78(86)97(88)79-45-30-44-72-71-43-28-29-46-80(71)99(84)92(72)79/h10-12,14-20,24-34,37,39-53,55-59,62,68,74,90H,13,21-23,35-36,38,54H2,1-9H3/i10D,11D,16D,17D,18D,19D,28D,29D,30D,31D,32D,33D,34D,43D,44D,45D,46D,47D,48D,49D,50D,51D,52D,59D. The van der Waals surface area contributed by atoms with Gasteiger partial charge in [-0.2, -0.15) is 0 Å². The SMILES string of the molecule is [2H]c1c([2H])c([2H])c(-c2c([2H])c([2H])c3c(c2[2H])[Se]c2c4c(c([2H])c5c2B3c2c([2H])c([2H])c([2H])c3c6c([2H])c([2H])c([2H])c([2H])c6n-5c23)N(c2c(-c3ccccc3)cc(C(C)(C)C)cc2-c2ccccc2)c2cc(C(C)(C)C)cc3c2B4c2c([2H])c([2H])c(-c4c([2H])c([2H])c([2H])c([2H])c4[2H])c([2H])c2N3C2C(C3CC=CCC3)=CC(C(C)(C)C)CC2C2=CCCCC2)c([2H])c1[2H]. The van der Waals surface area contributed by atoms with E-state index in [-0.39, 0.29) is 104 Å². The van der Waals surface area contributed by atoms with Gasteiger partial charge in [0.1, 0.15) is 0 Å². The molecule has 0 fully saturated rings. The topological polar surface area (TPSA) is 11.4 Å². The molecule has 6 heteroatoms. The number of aromatic nitrogens is 1. The molecular weight excluding hydrogens is 1300 g/mol. The molecule has 19 rings (SSSR count). The molecule has 4 atom stereocenters. The Labute approximate surface area is 645 Å². The Balaban J connectivity index is 1.11. The van der Waals surface area contributed by atoms with Gasteiger partial charge in [0.2, 0.25) is 0 Å². The van der Waals surface area contributed by atoms with E-state index in [9.17, 15) is 27.4 Å². The Morgan fingerprint density at radius 2 is 1.15 bits per heavy atom. The molecule has 3 aliphatic carbocycles. The van der Waals surface area contributed by atoms with E-state index in [2.05, 4.69) is 121 Å². The summed E-state index contributed by atoms with van der Waals surface area (Å²) in [6.45, 7) is 16.4. The summed E-state index contributed by atoms with van der Waals surface area (Å²) in [4.78, 5) is 4.35. The maximum absolute atomic E-state index is 12.4. The molecule has 0 amide bonds. The molecular formula is C96H89B2N3Se. The van der Waals surface area contributed by atoms with Crippen LogP contribution in [0.5, 0.6) is 0 Å². The zero-order valence-electron chi connectivity index (χ0n) is 82.8. The van der Waals surface area contributed by atoms with Crippen LogP contribution >= 0.6 is 0 Å². The van der Waals surface area contributed by atoms with E-state index < -0.39 is 206 Å². The minimum absolute atomic E-state index is 0.000154. The first-order valence-electron chi connectivity index (χ1n) is 48.0. The molecule has 11 aromatic carbocycles. The van der Waals surface area contributed by atoms with Crippen molar-refractivity contribution in [2.75, 3.05) is 9.80 Å². The van der Waals surface area contributed by atoms with Gasteiger partial charge >= 0.3 is 648 Å². The zero-order chi connectivity index (χ0) is 90.0. The van der Waals surface area contributed by atoms with Crippen molar-refractivity contribution in [2.24, 2.45) is 23.2 Å². The molecule has 0 spiro atoms. The van der Waals surface area contributed by atoms with Gasteiger partial charge in [-0.25, -0.2) is 0 Å². The summed E-state index contributed by atoms with van der Waals surface area (Å²) < 4.78 is 244. The number of nitrogens with zero attached hydrogens (tertiary/aromatic N) is 3. The molecule has 500 valence electrons. The molecule has 4 aliphatic heterocycles. The van der Waals surface area contributed by atoms with Gasteiger partial charge in [-0.15, -0.1) is 0 Å². The maximum atomic E-state index is 12.4. The molecule has 0 N–H and O–H groups in total. The average molecular weight is 1410 g/mol. The van der Waals surface area contributed by atoms with Crippen LogP contribution in [-0.2, 0) is 10.8 Å². The summed E-state index contributed by atoms with van der Waals surface area (Å²) in [5, 5.41) is -0.408. The predicted octanol–water partition coefficient (Wildman–Crippen LogP) is 19.4. The summed E-state index contributed by atoms with van der Waals surface area (Å²) >= 11 is -1.57. The Morgan fingerprint density at radius 1 is 0.510 bits per heavy atom. The van der Waals surface area contributed by atoms with Crippen LogP contribution in [0.25, 0.3) is 72.0 Å². The summed E-state index contributed by atoms with van der Waals surface area (Å²) in [6, 6.07) is 12.0. The fraction of sp³-hybridized carbons (Fsp3) is 0.250. The van der Waals surface area contributed by atoms with Crippen molar-refractivity contribution in [3.8, 4) is 50.2 Å². The van der Waals surface area contributed by atoms with Gasteiger partial charge in [0.15, 0.2) is 0 Å². The van der Waals surface area contributed by atoms with E-state index in [1.165, 1.54) is 10.1 Å². The number of benzene rings is 11. The molecule has 1 aromatic heterocycles. The molecule has 4 unspecified atom stereocenters. The predicted molar refractivity (Wildman–Crippen MR) is 440 cm³/mol. The number of hydrogen-bond donors (Lipinski definition) is 0. The van der Waals surface area contributed by atoms with Crippen molar-refractivity contribution in [3.05, 3.63) is 277 Å². The van der Waals surface area contributed by atoms with E-state index in [1.807, 2.05) is 60.7 Å². The van der Waals surface area contributed by atoms with E-state index in [0.29, 0.717) is 46.5 Å².